The van der Waals surface area contributed by atoms with Gasteiger partial charge in [0, 0.05) is 25.7 Å². The van der Waals surface area contributed by atoms with E-state index in [1.54, 1.807) is 0 Å². The molecule has 0 aliphatic heterocycles. The molecule has 0 saturated heterocycles. The molecular formula is C85H166O17P2. The summed E-state index contributed by atoms with van der Waals surface area (Å²) in [6.07, 6.45) is 71.4. The van der Waals surface area contributed by atoms with Gasteiger partial charge in [0.15, 0.2) is 12.2 Å². The molecular weight excluding hydrogens is 1350 g/mol. The van der Waals surface area contributed by atoms with Gasteiger partial charge in [-0.3, -0.25) is 37.3 Å². The number of hydrogen-bond donors (Lipinski definition) is 3. The first-order chi connectivity index (χ1) is 50.6. The molecule has 0 amide bonds. The summed E-state index contributed by atoms with van der Waals surface area (Å²) in [7, 11) is -9.91. The highest BCUT2D eigenvalue weighted by molar-refractivity contribution is 7.47. The van der Waals surface area contributed by atoms with Crippen LogP contribution in [0.5, 0.6) is 0 Å². The molecule has 0 aliphatic carbocycles. The number of carbonyl (C=O) groups excluding carboxylic acids is 4. The van der Waals surface area contributed by atoms with Crippen LogP contribution < -0.4 is 0 Å². The first kappa shape index (κ1) is 102. The van der Waals surface area contributed by atoms with Crippen LogP contribution in [-0.2, 0) is 65.4 Å². The van der Waals surface area contributed by atoms with Crippen LogP contribution in [0, 0.1) is 5.92 Å². The molecule has 3 unspecified atom stereocenters. The van der Waals surface area contributed by atoms with E-state index in [1.807, 2.05) is 0 Å². The largest absolute Gasteiger partial charge is 0.472 e. The van der Waals surface area contributed by atoms with Gasteiger partial charge in [-0.25, -0.2) is 9.13 Å². The van der Waals surface area contributed by atoms with Crippen LogP contribution in [0.15, 0.2) is 0 Å². The summed E-state index contributed by atoms with van der Waals surface area (Å²) in [5, 5.41) is 10.6. The zero-order chi connectivity index (χ0) is 76.2. The van der Waals surface area contributed by atoms with Crippen molar-refractivity contribution in [3.63, 3.8) is 0 Å². The molecule has 0 aromatic carbocycles. The number of esters is 4. The third kappa shape index (κ3) is 76.8. The van der Waals surface area contributed by atoms with Gasteiger partial charge in [0.25, 0.3) is 0 Å². The van der Waals surface area contributed by atoms with E-state index in [0.29, 0.717) is 25.7 Å². The molecule has 0 aromatic heterocycles. The minimum absolute atomic E-state index is 0.107. The van der Waals surface area contributed by atoms with E-state index in [-0.39, 0.29) is 25.7 Å². The zero-order valence-corrected chi connectivity index (χ0v) is 70.0. The average molecular weight is 1520 g/mol. The summed E-state index contributed by atoms with van der Waals surface area (Å²) >= 11 is 0. The molecule has 19 heteroatoms. The summed E-state index contributed by atoms with van der Waals surface area (Å²) in [4.78, 5) is 72.9. The predicted molar refractivity (Wildman–Crippen MR) is 428 cm³/mol. The Bertz CT molecular complexity index is 1980. The number of carbonyl (C=O) groups is 4. The standard InChI is InChI=1S/C85H166O17P2/c1-6-10-13-16-18-20-22-24-26-28-30-32-34-36-38-43-47-51-55-60-66-71-85(90)102-81(75-96-83(88)69-64-59-54-50-46-42-37-35-33-31-29-27-25-23-21-19-17-14-11-7-2)77-100-104(93,94)98-73-79(86)72-97-103(91,92)99-76-80(74-95-82(87)68-63-57-15-12-8-3)101-84(89)70-65-61-56-52-48-44-40-39-41-45-49-53-58-62-67-78(5)9-4/h78-81,86H,6-77H2,1-5H3,(H,91,92)(H,93,94)/t78?,79-,80+,81+/m0/s1. The fraction of sp³-hybridized carbons (Fsp3) is 0.953. The quantitative estimate of drug-likeness (QED) is 0.0222. The molecule has 0 fully saturated rings. The van der Waals surface area contributed by atoms with Crippen molar-refractivity contribution in [3.8, 4) is 0 Å². The van der Waals surface area contributed by atoms with Crippen LogP contribution in [0.3, 0.4) is 0 Å². The van der Waals surface area contributed by atoms with E-state index in [2.05, 4.69) is 34.6 Å². The highest BCUT2D eigenvalue weighted by Crippen LogP contribution is 2.45. The van der Waals surface area contributed by atoms with Crippen molar-refractivity contribution in [2.45, 2.75) is 477 Å². The second-order valence-electron chi connectivity index (χ2n) is 30.8. The predicted octanol–water partition coefficient (Wildman–Crippen LogP) is 26.0. The third-order valence-electron chi connectivity index (χ3n) is 20.4. The minimum Gasteiger partial charge on any atom is -0.462 e. The average Bonchev–Trinajstić information content (AvgIpc) is 0.905. The number of rotatable bonds is 85. The van der Waals surface area contributed by atoms with E-state index in [9.17, 15) is 43.2 Å². The Hall–Kier alpha value is -1.94. The molecule has 0 aromatic rings. The minimum atomic E-state index is -4.96. The maximum atomic E-state index is 13.1. The van der Waals surface area contributed by atoms with E-state index < -0.39 is 97.5 Å². The fourth-order valence-electron chi connectivity index (χ4n) is 13.3. The second kappa shape index (κ2) is 77.8. The summed E-state index contributed by atoms with van der Waals surface area (Å²) < 4.78 is 68.6. The van der Waals surface area contributed by atoms with Crippen LogP contribution in [0.2, 0.25) is 0 Å². The molecule has 0 saturated carbocycles. The smallest absolute Gasteiger partial charge is 0.462 e. The molecule has 3 N–H and O–H groups in total. The van der Waals surface area contributed by atoms with Gasteiger partial charge in [0.05, 0.1) is 26.4 Å². The number of phosphoric ester groups is 2. The zero-order valence-electron chi connectivity index (χ0n) is 68.2. The van der Waals surface area contributed by atoms with E-state index >= 15 is 0 Å². The number of phosphoric acid groups is 2. The molecule has 0 spiro atoms. The first-order valence-electron chi connectivity index (χ1n) is 44.2. The van der Waals surface area contributed by atoms with E-state index in [4.69, 9.17) is 37.0 Å². The maximum Gasteiger partial charge on any atom is 0.472 e. The van der Waals surface area contributed by atoms with Crippen LogP contribution in [0.4, 0.5) is 0 Å². The van der Waals surface area contributed by atoms with Crippen LogP contribution in [0.25, 0.3) is 0 Å². The number of hydrogen-bond acceptors (Lipinski definition) is 15. The number of unbranched alkanes of at least 4 members (excludes halogenated alkanes) is 56. The summed E-state index contributed by atoms with van der Waals surface area (Å²) in [5.74, 6) is -1.27. The van der Waals surface area contributed by atoms with Gasteiger partial charge in [-0.05, 0) is 31.6 Å². The molecule has 0 heterocycles. The van der Waals surface area contributed by atoms with Crippen molar-refractivity contribution in [1.29, 1.82) is 0 Å². The van der Waals surface area contributed by atoms with Gasteiger partial charge in [-0.2, -0.15) is 0 Å². The highest BCUT2D eigenvalue weighted by Gasteiger charge is 2.30. The van der Waals surface area contributed by atoms with E-state index in [0.717, 1.165) is 102 Å². The Morgan fingerprint density at radius 3 is 0.683 bits per heavy atom. The summed E-state index contributed by atoms with van der Waals surface area (Å²) in [6, 6.07) is 0. The first-order valence-corrected chi connectivity index (χ1v) is 47.2. The Kier molecular flexibility index (Phi) is 76.3. The normalized spacial score (nSPS) is 14.0. The van der Waals surface area contributed by atoms with Gasteiger partial charge >= 0.3 is 39.5 Å². The van der Waals surface area contributed by atoms with Crippen molar-refractivity contribution < 1.29 is 80.2 Å². The van der Waals surface area contributed by atoms with Crippen molar-refractivity contribution in [2.75, 3.05) is 39.6 Å². The molecule has 6 atom stereocenters. The molecule has 618 valence electrons. The van der Waals surface area contributed by atoms with Crippen LogP contribution in [-0.4, -0.2) is 96.7 Å². The van der Waals surface area contributed by atoms with Gasteiger partial charge in [0.2, 0.25) is 0 Å². The Morgan fingerprint density at radius 1 is 0.269 bits per heavy atom. The lowest BCUT2D eigenvalue weighted by Crippen LogP contribution is -2.30. The summed E-state index contributed by atoms with van der Waals surface area (Å²) in [6.45, 7) is 7.31. The molecule has 0 radical (unpaired) electrons. The van der Waals surface area contributed by atoms with Gasteiger partial charge < -0.3 is 33.8 Å². The van der Waals surface area contributed by atoms with Crippen molar-refractivity contribution >= 4 is 39.5 Å². The van der Waals surface area contributed by atoms with Crippen molar-refractivity contribution in [3.05, 3.63) is 0 Å². The SMILES string of the molecule is CCCCCCCCCCCCCCCCCCCCCCCC(=O)O[C@H](COC(=O)CCCCCCCCCCCCCCCCCCCCCC)COP(=O)(O)OC[C@@H](O)COP(=O)(O)OC[C@@H](COC(=O)CCCCCCC)OC(=O)CCCCCCCCCCCCCCCCC(C)CC. The van der Waals surface area contributed by atoms with Crippen molar-refractivity contribution in [1.82, 2.24) is 0 Å². The van der Waals surface area contributed by atoms with Gasteiger partial charge in [-0.15, -0.1) is 0 Å². The summed E-state index contributed by atoms with van der Waals surface area (Å²) in [5.41, 5.74) is 0. The number of aliphatic hydroxyl groups is 1. The van der Waals surface area contributed by atoms with E-state index in [1.165, 1.54) is 276 Å². The second-order valence-corrected chi connectivity index (χ2v) is 33.7. The Labute approximate surface area is 638 Å². The molecule has 104 heavy (non-hydrogen) atoms. The monoisotopic (exact) mass is 1520 g/mol. The Morgan fingerprint density at radius 2 is 0.462 bits per heavy atom. The molecule has 0 rings (SSSR count). The van der Waals surface area contributed by atoms with Crippen molar-refractivity contribution in [2.24, 2.45) is 5.92 Å². The highest BCUT2D eigenvalue weighted by atomic mass is 31.2. The Balaban J connectivity index is 5.10. The lowest BCUT2D eigenvalue weighted by atomic mass is 9.99. The lowest BCUT2D eigenvalue weighted by molar-refractivity contribution is -0.161. The molecule has 17 nitrogen and oxygen atoms in total. The molecule has 0 aliphatic rings. The third-order valence-corrected chi connectivity index (χ3v) is 22.3. The molecule has 0 bridgehead atoms. The van der Waals surface area contributed by atoms with Crippen LogP contribution >= 0.6 is 15.6 Å². The maximum absolute atomic E-state index is 13.1. The lowest BCUT2D eigenvalue weighted by Gasteiger charge is -2.21. The topological polar surface area (TPSA) is 237 Å². The van der Waals surface area contributed by atoms with Gasteiger partial charge in [-0.1, -0.05) is 407 Å². The van der Waals surface area contributed by atoms with Gasteiger partial charge in [0.1, 0.15) is 19.3 Å². The van der Waals surface area contributed by atoms with Crippen LogP contribution in [0.1, 0.15) is 458 Å². The number of ether oxygens (including phenoxy) is 4. The number of aliphatic hydroxyl groups excluding tert-OH is 1. The fourth-order valence-corrected chi connectivity index (χ4v) is 14.8.